The number of halogens is 2. The maximum atomic E-state index is 12.3. The Morgan fingerprint density at radius 1 is 0.431 bits per heavy atom. The molecule has 0 aromatic carbocycles. The van der Waals surface area contributed by atoms with Gasteiger partial charge in [-0.1, -0.05) is 6.92 Å². The zero-order valence-corrected chi connectivity index (χ0v) is 31.9. The molecule has 0 aromatic rings. The van der Waals surface area contributed by atoms with Crippen molar-refractivity contribution in [3.8, 4) is 0 Å². The Morgan fingerprint density at radius 3 is 0.922 bits per heavy atom. The predicted octanol–water partition coefficient (Wildman–Crippen LogP) is 1.35. The van der Waals surface area contributed by atoms with Crippen molar-refractivity contribution in [2.75, 3.05) is 85.8 Å². The summed E-state index contributed by atoms with van der Waals surface area (Å²) in [5, 5.41) is 0. The van der Waals surface area contributed by atoms with E-state index in [1.54, 1.807) is 6.92 Å². The van der Waals surface area contributed by atoms with Crippen LogP contribution >= 0.6 is 46.9 Å². The van der Waals surface area contributed by atoms with Crippen molar-refractivity contribution in [1.82, 2.24) is 11.1 Å². The molecule has 0 heterocycles. The van der Waals surface area contributed by atoms with Crippen molar-refractivity contribution in [1.29, 1.82) is 0 Å². The second-order valence-electron chi connectivity index (χ2n) is 9.20. The molecule has 9 N–H and O–H groups in total. The monoisotopic (exact) mass is 882 g/mol. The predicted molar refractivity (Wildman–Crippen MR) is 162 cm³/mol. The van der Waals surface area contributed by atoms with E-state index in [2.05, 4.69) is 49.8 Å². The van der Waals surface area contributed by atoms with E-state index in [4.69, 9.17) is 9.79 Å². The average Bonchev–Trinajstić information content (AvgIpc) is 3.01. The first-order chi connectivity index (χ1) is 23.5. The molecule has 0 aliphatic carbocycles. The summed E-state index contributed by atoms with van der Waals surface area (Å²) in [6.07, 6.45) is 0.418. The van der Waals surface area contributed by atoms with Crippen molar-refractivity contribution in [2.45, 2.75) is 13.3 Å². The number of hydrogen-bond acceptors (Lipinski definition) is 19. The smallest absolute Gasteiger partial charge is 0.303 e. The second-order valence-corrected chi connectivity index (χ2v) is 17.7. The molecule has 308 valence electrons. The Labute approximate surface area is 289 Å². The Morgan fingerprint density at radius 2 is 0.667 bits per heavy atom. The fourth-order valence-corrected chi connectivity index (χ4v) is 6.73. The van der Waals surface area contributed by atoms with E-state index >= 15 is 0 Å². The zero-order chi connectivity index (χ0) is 39.2. The second kappa shape index (κ2) is 25.6. The lowest BCUT2D eigenvalue weighted by Gasteiger charge is -2.18. The summed E-state index contributed by atoms with van der Waals surface area (Å²) >= 11 is 0. The third kappa shape index (κ3) is 30.4. The summed E-state index contributed by atoms with van der Waals surface area (Å²) in [5.41, 5.74) is 2.55. The standard InChI is InChI=1S/C17H42F2N2O24P6/c1-2-16(11-20-18)13-44-50(31,32)41-9-7-39-48(27,28)37-5-3-35-47(25,26)36-4-6-38-49(29,30)40-8-10-42-51(33,34)45-15-17(12-21-19)14-43-46(22,23)24/h16-17,20-21H,2-15H2,1H3,(H,25,26)(H,27,28)(H,29,30)(H,31,32)(H,33,34)(H2,22,23,24). The summed E-state index contributed by atoms with van der Waals surface area (Å²) in [6, 6.07) is 0. The largest absolute Gasteiger partial charge is 0.472 e. The van der Waals surface area contributed by atoms with Crippen molar-refractivity contribution in [3.05, 3.63) is 0 Å². The summed E-state index contributed by atoms with van der Waals surface area (Å²) < 4.78 is 144. The van der Waals surface area contributed by atoms with Gasteiger partial charge >= 0.3 is 46.9 Å². The zero-order valence-electron chi connectivity index (χ0n) is 26.6. The van der Waals surface area contributed by atoms with Crippen LogP contribution in [0.3, 0.4) is 0 Å². The third-order valence-corrected chi connectivity index (χ3v) is 10.6. The number of rotatable bonds is 34. The van der Waals surface area contributed by atoms with Crippen LogP contribution in [0.25, 0.3) is 0 Å². The minimum absolute atomic E-state index is 0.138. The Balaban J connectivity index is 4.26. The Hall–Kier alpha value is 0.440. The van der Waals surface area contributed by atoms with Gasteiger partial charge in [0, 0.05) is 19.0 Å². The molecular weight excluding hydrogens is 840 g/mol. The van der Waals surface area contributed by atoms with Gasteiger partial charge in [-0.3, -0.25) is 49.8 Å². The van der Waals surface area contributed by atoms with Gasteiger partial charge in [-0.15, -0.1) is 8.96 Å². The third-order valence-electron chi connectivity index (χ3n) is 5.10. The highest BCUT2D eigenvalue weighted by Crippen LogP contribution is 2.48. The molecule has 34 heteroatoms. The molecule has 0 aliphatic heterocycles. The number of hydrogen-bond donors (Lipinski definition) is 9. The van der Waals surface area contributed by atoms with Crippen LogP contribution in [0.15, 0.2) is 0 Å². The first-order valence-electron chi connectivity index (χ1n) is 13.9. The van der Waals surface area contributed by atoms with Gasteiger partial charge in [-0.05, 0) is 12.3 Å². The van der Waals surface area contributed by atoms with Crippen LogP contribution in [0.4, 0.5) is 8.96 Å². The first kappa shape index (κ1) is 51.4. The lowest BCUT2D eigenvalue weighted by molar-refractivity contribution is 0.0716. The summed E-state index contributed by atoms with van der Waals surface area (Å²) in [6.45, 7) is -7.35. The minimum atomic E-state index is -4.92. The van der Waals surface area contributed by atoms with Crippen LogP contribution in [0.2, 0.25) is 0 Å². The van der Waals surface area contributed by atoms with Crippen LogP contribution in [0.5, 0.6) is 0 Å². The van der Waals surface area contributed by atoms with Crippen LogP contribution in [0, 0.1) is 11.8 Å². The summed E-state index contributed by atoms with van der Waals surface area (Å²) in [7, 11) is -28.9. The molecule has 51 heavy (non-hydrogen) atoms. The molecule has 7 unspecified atom stereocenters. The van der Waals surface area contributed by atoms with Gasteiger partial charge in [0.2, 0.25) is 0 Å². The molecule has 0 saturated heterocycles. The van der Waals surface area contributed by atoms with E-state index in [-0.39, 0.29) is 13.2 Å². The number of phosphoric acid groups is 6. The first-order valence-corrected chi connectivity index (χ1v) is 22.9. The van der Waals surface area contributed by atoms with Crippen LogP contribution in [-0.2, 0) is 77.2 Å². The van der Waals surface area contributed by atoms with Crippen LogP contribution in [-0.4, -0.2) is 120 Å². The van der Waals surface area contributed by atoms with Gasteiger partial charge in [0.05, 0.1) is 72.7 Å². The fourth-order valence-electron chi connectivity index (χ4n) is 2.71. The highest BCUT2D eigenvalue weighted by molar-refractivity contribution is 7.48. The number of phosphoric ester groups is 6. The lowest BCUT2D eigenvalue weighted by Crippen LogP contribution is -2.25. The Bertz CT molecular complexity index is 1260. The van der Waals surface area contributed by atoms with Gasteiger partial charge in [0.15, 0.2) is 0 Å². The van der Waals surface area contributed by atoms with Gasteiger partial charge in [-0.25, -0.2) is 27.4 Å². The van der Waals surface area contributed by atoms with Crippen LogP contribution < -0.4 is 11.1 Å². The highest BCUT2D eigenvalue weighted by Gasteiger charge is 2.29. The maximum Gasteiger partial charge on any atom is 0.472 e. The Kier molecular flexibility index (Phi) is 25.8. The van der Waals surface area contributed by atoms with E-state index < -0.39 is 131 Å². The minimum Gasteiger partial charge on any atom is -0.303 e. The molecule has 0 saturated carbocycles. The van der Waals surface area contributed by atoms with Gasteiger partial charge < -0.3 is 34.3 Å². The van der Waals surface area contributed by atoms with Crippen molar-refractivity contribution in [3.63, 3.8) is 0 Å². The lowest BCUT2D eigenvalue weighted by atomic mass is 10.1. The molecular formula is C17H42F2N2O24P6. The van der Waals surface area contributed by atoms with Crippen molar-refractivity contribution >= 4 is 46.9 Å². The van der Waals surface area contributed by atoms with Gasteiger partial charge in [-0.2, -0.15) is 11.1 Å². The molecule has 0 spiro atoms. The highest BCUT2D eigenvalue weighted by atomic mass is 31.2. The molecule has 0 aliphatic rings. The fraction of sp³-hybridized carbons (Fsp3) is 1.00. The van der Waals surface area contributed by atoms with E-state index in [0.29, 0.717) is 6.42 Å². The van der Waals surface area contributed by atoms with Crippen LogP contribution in [0.1, 0.15) is 13.3 Å². The van der Waals surface area contributed by atoms with E-state index in [1.165, 1.54) is 5.54 Å². The molecule has 26 nitrogen and oxygen atoms in total. The molecule has 0 fully saturated rings. The summed E-state index contributed by atoms with van der Waals surface area (Å²) in [5.74, 6) is -1.59. The normalized spacial score (nSPS) is 19.6. The maximum absolute atomic E-state index is 12.3. The molecule has 0 aromatic heterocycles. The van der Waals surface area contributed by atoms with Gasteiger partial charge in [0.25, 0.3) is 0 Å². The molecule has 0 radical (unpaired) electrons. The summed E-state index contributed by atoms with van der Waals surface area (Å²) in [4.78, 5) is 65.3. The SMILES string of the molecule is CCC(CNF)COP(=O)(O)OCCOP(=O)(O)OCCOP(=O)(O)OCCOP(=O)(O)OCCOP(=O)(O)OCC(CNF)COP(=O)(O)O. The molecule has 0 bridgehead atoms. The van der Waals surface area contributed by atoms with Gasteiger partial charge in [0.1, 0.15) is 0 Å². The van der Waals surface area contributed by atoms with Crippen molar-refractivity contribution < 1.29 is 120 Å². The topological polar surface area (TPSA) is 370 Å². The quantitative estimate of drug-likeness (QED) is 0.0250. The van der Waals surface area contributed by atoms with E-state index in [9.17, 15) is 60.8 Å². The van der Waals surface area contributed by atoms with Crippen molar-refractivity contribution in [2.24, 2.45) is 11.8 Å². The van der Waals surface area contributed by atoms with E-state index in [1.807, 2.05) is 0 Å². The molecule has 7 atom stereocenters. The van der Waals surface area contributed by atoms with E-state index in [0.717, 1.165) is 5.54 Å². The molecule has 0 amide bonds. The average molecular weight is 882 g/mol. The number of nitrogens with one attached hydrogen (secondary N) is 2. The molecule has 0 rings (SSSR count).